The second-order valence-electron chi connectivity index (χ2n) is 3.50. The average molecular weight is 251 g/mol. The molecule has 0 fully saturated rings. The third kappa shape index (κ3) is 3.01. The number of halogens is 1. The van der Waals surface area contributed by atoms with E-state index in [4.69, 9.17) is 5.26 Å². The summed E-state index contributed by atoms with van der Waals surface area (Å²) in [5.41, 5.74) is -0.639. The number of carbonyl (C=O) groups is 1. The molecule has 1 atom stereocenters. The number of nitro groups is 1. The third-order valence-electron chi connectivity index (χ3n) is 2.29. The normalized spacial score (nSPS) is 11.4. The number of benzene rings is 1. The lowest BCUT2D eigenvalue weighted by Gasteiger charge is -2.08. The topological polar surface area (TPSA) is 96.0 Å². The van der Waals surface area contributed by atoms with Crippen LogP contribution in [0, 0.1) is 33.2 Å². The van der Waals surface area contributed by atoms with Crippen LogP contribution in [0.4, 0.5) is 15.8 Å². The first kappa shape index (κ1) is 13.6. The molecule has 0 aliphatic rings. The number of anilines is 1. The summed E-state index contributed by atoms with van der Waals surface area (Å²) in [7, 11) is 0. The Hall–Kier alpha value is -2.49. The van der Waals surface area contributed by atoms with E-state index < -0.39 is 28.3 Å². The van der Waals surface area contributed by atoms with E-state index in [9.17, 15) is 19.3 Å². The molecule has 1 amide bonds. The minimum Gasteiger partial charge on any atom is -0.325 e. The van der Waals surface area contributed by atoms with E-state index in [1.165, 1.54) is 6.07 Å². The second-order valence-corrected chi connectivity index (χ2v) is 3.50. The monoisotopic (exact) mass is 251 g/mol. The Morgan fingerprint density at radius 1 is 1.67 bits per heavy atom. The van der Waals surface area contributed by atoms with Gasteiger partial charge in [0.15, 0.2) is 0 Å². The molecule has 6 nitrogen and oxygen atoms in total. The summed E-state index contributed by atoms with van der Waals surface area (Å²) in [5, 5.41) is 21.5. The van der Waals surface area contributed by atoms with Crippen molar-refractivity contribution >= 4 is 17.3 Å². The largest absolute Gasteiger partial charge is 0.325 e. The highest BCUT2D eigenvalue weighted by Crippen LogP contribution is 2.22. The highest BCUT2D eigenvalue weighted by molar-refractivity contribution is 5.94. The van der Waals surface area contributed by atoms with Crippen LogP contribution in [0.3, 0.4) is 0 Å². The fourth-order valence-corrected chi connectivity index (χ4v) is 1.30. The highest BCUT2D eigenvalue weighted by atomic mass is 19.1. The summed E-state index contributed by atoms with van der Waals surface area (Å²) >= 11 is 0. The molecule has 7 heteroatoms. The van der Waals surface area contributed by atoms with Gasteiger partial charge in [-0.1, -0.05) is 6.92 Å². The van der Waals surface area contributed by atoms with Gasteiger partial charge in [0.25, 0.3) is 0 Å². The van der Waals surface area contributed by atoms with Crippen molar-refractivity contribution in [2.24, 2.45) is 5.92 Å². The highest BCUT2D eigenvalue weighted by Gasteiger charge is 2.18. The molecule has 0 spiro atoms. The van der Waals surface area contributed by atoms with Crippen LogP contribution in [0.25, 0.3) is 0 Å². The smallest absolute Gasteiger partial charge is 0.306 e. The Labute approximate surface area is 102 Å². The molecule has 0 aliphatic carbocycles. The van der Waals surface area contributed by atoms with Crippen LogP contribution in [-0.4, -0.2) is 10.8 Å². The Morgan fingerprint density at radius 2 is 2.33 bits per heavy atom. The fourth-order valence-electron chi connectivity index (χ4n) is 1.30. The van der Waals surface area contributed by atoms with Crippen LogP contribution in [0.5, 0.6) is 0 Å². The van der Waals surface area contributed by atoms with Gasteiger partial charge in [-0.05, 0) is 18.6 Å². The maximum atomic E-state index is 13.0. The number of amides is 1. The number of nitrogens with one attached hydrogen (secondary N) is 1. The van der Waals surface area contributed by atoms with Gasteiger partial charge in [0, 0.05) is 11.8 Å². The van der Waals surface area contributed by atoms with Gasteiger partial charge in [-0.25, -0.2) is 0 Å². The first-order valence-corrected chi connectivity index (χ1v) is 5.14. The third-order valence-corrected chi connectivity index (χ3v) is 2.29. The molecule has 0 radical (unpaired) electrons. The van der Waals surface area contributed by atoms with Gasteiger partial charge in [-0.3, -0.25) is 14.9 Å². The summed E-state index contributed by atoms with van der Waals surface area (Å²) in [6.07, 6.45) is 0.325. The summed E-state index contributed by atoms with van der Waals surface area (Å²) in [5.74, 6) is -2.39. The molecule has 0 bridgehead atoms. The van der Waals surface area contributed by atoms with Crippen LogP contribution in [-0.2, 0) is 4.79 Å². The van der Waals surface area contributed by atoms with Gasteiger partial charge in [0.1, 0.15) is 5.92 Å². The van der Waals surface area contributed by atoms with Gasteiger partial charge in [-0.2, -0.15) is 9.65 Å². The van der Waals surface area contributed by atoms with Crippen LogP contribution in [0.15, 0.2) is 18.2 Å². The average Bonchev–Trinajstić information content (AvgIpc) is 2.32. The van der Waals surface area contributed by atoms with Crippen LogP contribution < -0.4 is 5.32 Å². The van der Waals surface area contributed by atoms with Crippen molar-refractivity contribution in [3.05, 3.63) is 34.1 Å². The van der Waals surface area contributed by atoms with E-state index in [-0.39, 0.29) is 5.69 Å². The van der Waals surface area contributed by atoms with Crippen LogP contribution in [0.2, 0.25) is 0 Å². The van der Waals surface area contributed by atoms with E-state index >= 15 is 0 Å². The number of carbonyl (C=O) groups excluding carboxylic acids is 1. The number of hydrogen-bond donors (Lipinski definition) is 1. The lowest BCUT2D eigenvalue weighted by molar-refractivity contribution is -0.387. The number of hydrogen-bond acceptors (Lipinski definition) is 4. The number of rotatable bonds is 4. The first-order valence-electron chi connectivity index (χ1n) is 5.14. The van der Waals surface area contributed by atoms with Crippen molar-refractivity contribution < 1.29 is 14.1 Å². The zero-order valence-corrected chi connectivity index (χ0v) is 9.51. The molecule has 1 unspecified atom stereocenters. The maximum absolute atomic E-state index is 13.0. The Kier molecular flexibility index (Phi) is 4.32. The predicted octanol–water partition coefficient (Wildman–Crippen LogP) is 2.22. The number of nitro benzene ring substituents is 1. The molecule has 1 aromatic rings. The van der Waals surface area contributed by atoms with E-state index in [0.717, 1.165) is 12.1 Å². The molecule has 1 aromatic carbocycles. The molecule has 0 aromatic heterocycles. The summed E-state index contributed by atoms with van der Waals surface area (Å²) in [6, 6.07) is 4.80. The maximum Gasteiger partial charge on any atom is 0.306 e. The van der Waals surface area contributed by atoms with Crippen LogP contribution >= 0.6 is 0 Å². The lowest BCUT2D eigenvalue weighted by atomic mass is 10.1. The van der Waals surface area contributed by atoms with Crippen molar-refractivity contribution in [2.75, 3.05) is 5.32 Å². The minimum absolute atomic E-state index is 0.0850. The Balaban J connectivity index is 2.93. The zero-order chi connectivity index (χ0) is 13.7. The van der Waals surface area contributed by atoms with Crippen molar-refractivity contribution in [1.29, 1.82) is 5.26 Å². The Morgan fingerprint density at radius 3 is 2.83 bits per heavy atom. The number of nitriles is 1. The van der Waals surface area contributed by atoms with E-state index in [2.05, 4.69) is 5.32 Å². The molecule has 0 aliphatic heterocycles. The van der Waals surface area contributed by atoms with Gasteiger partial charge in [-0.15, -0.1) is 0 Å². The fraction of sp³-hybridized carbons (Fsp3) is 0.273. The molecule has 1 N–H and O–H groups in total. The van der Waals surface area contributed by atoms with Crippen molar-refractivity contribution in [1.82, 2.24) is 0 Å². The quantitative estimate of drug-likeness (QED) is 0.655. The molecular formula is C11H10FN3O3. The van der Waals surface area contributed by atoms with Gasteiger partial charge >= 0.3 is 5.69 Å². The number of nitrogens with zero attached hydrogens (tertiary/aromatic N) is 2. The summed E-state index contributed by atoms with van der Waals surface area (Å²) in [6.45, 7) is 1.67. The predicted molar refractivity (Wildman–Crippen MR) is 61.1 cm³/mol. The summed E-state index contributed by atoms with van der Waals surface area (Å²) in [4.78, 5) is 21.2. The van der Waals surface area contributed by atoms with Crippen molar-refractivity contribution in [2.45, 2.75) is 13.3 Å². The Bertz CT molecular complexity index is 525. The van der Waals surface area contributed by atoms with Crippen LogP contribution in [0.1, 0.15) is 13.3 Å². The summed E-state index contributed by atoms with van der Waals surface area (Å²) < 4.78 is 13.0. The van der Waals surface area contributed by atoms with Gasteiger partial charge in [0.2, 0.25) is 11.7 Å². The molecule has 0 heterocycles. The standard InChI is InChI=1S/C11H10FN3O3/c1-2-7(6-13)11(16)14-8-3-4-9(12)10(5-8)15(17)18/h3-5,7H,2H2,1H3,(H,14,16). The molecule has 0 saturated heterocycles. The zero-order valence-electron chi connectivity index (χ0n) is 9.51. The second kappa shape index (κ2) is 5.72. The van der Waals surface area contributed by atoms with Crippen molar-refractivity contribution in [3.63, 3.8) is 0 Å². The lowest BCUT2D eigenvalue weighted by Crippen LogP contribution is -2.20. The molecular weight excluding hydrogens is 241 g/mol. The van der Waals surface area contributed by atoms with E-state index in [1.54, 1.807) is 13.0 Å². The SMILES string of the molecule is CCC(C#N)C(=O)Nc1ccc(F)c([N+](=O)[O-])c1. The first-order chi connectivity index (χ1) is 8.49. The van der Waals surface area contributed by atoms with Crippen molar-refractivity contribution in [3.8, 4) is 6.07 Å². The van der Waals surface area contributed by atoms with E-state index in [1.807, 2.05) is 0 Å². The molecule has 0 saturated carbocycles. The molecule has 1 rings (SSSR count). The minimum atomic E-state index is -0.981. The van der Waals surface area contributed by atoms with E-state index in [0.29, 0.717) is 6.42 Å². The molecule has 18 heavy (non-hydrogen) atoms. The molecule has 94 valence electrons. The van der Waals surface area contributed by atoms with Gasteiger partial charge < -0.3 is 5.32 Å². The van der Waals surface area contributed by atoms with Gasteiger partial charge in [0.05, 0.1) is 11.0 Å².